The predicted octanol–water partition coefficient (Wildman–Crippen LogP) is 2.82. The Labute approximate surface area is 160 Å². The first kappa shape index (κ1) is 19.1. The normalized spacial score (nSPS) is 12.9. The molecule has 0 aliphatic rings. The Morgan fingerprint density at radius 3 is 2.70 bits per heavy atom. The van der Waals surface area contributed by atoms with Gasteiger partial charge in [-0.05, 0) is 42.3 Å². The topological polar surface area (TPSA) is 69.3 Å². The Kier molecular flexibility index (Phi) is 6.59. The monoisotopic (exact) mass is 386 g/mol. The number of nitrogens with one attached hydrogen (secondary N) is 3. The van der Waals surface area contributed by atoms with E-state index in [1.807, 2.05) is 36.5 Å². The Balaban J connectivity index is 1.45. The maximum Gasteiger partial charge on any atom is 0.191 e. The molecule has 3 aromatic rings. The summed E-state index contributed by atoms with van der Waals surface area (Å²) in [6.07, 6.45) is 2.64. The number of rotatable bonds is 7. The van der Waals surface area contributed by atoms with Crippen LogP contribution in [0.3, 0.4) is 0 Å². The van der Waals surface area contributed by atoms with E-state index in [2.05, 4.69) is 20.6 Å². The predicted molar refractivity (Wildman–Crippen MR) is 109 cm³/mol. The Bertz CT molecular complexity index is 940. The minimum absolute atomic E-state index is 0.236. The molecule has 0 saturated carbocycles. The first-order chi connectivity index (χ1) is 13.2. The van der Waals surface area contributed by atoms with Gasteiger partial charge in [0.15, 0.2) is 5.96 Å². The largest absolute Gasteiger partial charge is 0.361 e. The summed E-state index contributed by atoms with van der Waals surface area (Å²) in [4.78, 5) is 8.16. The third-order valence-corrected chi connectivity index (χ3v) is 5.60. The fourth-order valence-corrected chi connectivity index (χ4v) is 3.83. The Hall–Kier alpha value is -2.67. The van der Waals surface area contributed by atoms with Crippen molar-refractivity contribution in [1.29, 1.82) is 0 Å². The summed E-state index contributed by atoms with van der Waals surface area (Å²) in [6.45, 7) is 1.21. The zero-order valence-electron chi connectivity index (χ0n) is 15.2. The smallest absolute Gasteiger partial charge is 0.191 e. The van der Waals surface area contributed by atoms with Gasteiger partial charge in [0.05, 0.1) is 10.8 Å². The van der Waals surface area contributed by atoms with Crippen LogP contribution in [0.2, 0.25) is 0 Å². The van der Waals surface area contributed by atoms with Gasteiger partial charge in [-0.25, -0.2) is 4.39 Å². The van der Waals surface area contributed by atoms with Crippen molar-refractivity contribution >= 4 is 27.7 Å². The van der Waals surface area contributed by atoms with Gasteiger partial charge in [0.2, 0.25) is 0 Å². The molecule has 1 atom stereocenters. The second-order valence-electron chi connectivity index (χ2n) is 6.04. The second kappa shape index (κ2) is 9.32. The molecule has 0 saturated heterocycles. The zero-order chi connectivity index (χ0) is 19.1. The van der Waals surface area contributed by atoms with Crippen LogP contribution in [0.5, 0.6) is 0 Å². The number of halogens is 1. The molecule has 3 rings (SSSR count). The van der Waals surface area contributed by atoms with E-state index in [1.54, 1.807) is 19.2 Å². The highest BCUT2D eigenvalue weighted by molar-refractivity contribution is 7.85. The van der Waals surface area contributed by atoms with E-state index in [1.165, 1.54) is 6.07 Å². The van der Waals surface area contributed by atoms with Crippen LogP contribution < -0.4 is 10.6 Å². The molecule has 3 N–H and O–H groups in total. The van der Waals surface area contributed by atoms with Crippen LogP contribution in [0.4, 0.5) is 4.39 Å². The summed E-state index contributed by atoms with van der Waals surface area (Å²) < 4.78 is 25.7. The lowest BCUT2D eigenvalue weighted by molar-refractivity contribution is 0.629. The summed E-state index contributed by atoms with van der Waals surface area (Å²) in [6, 6.07) is 14.2. The van der Waals surface area contributed by atoms with Gasteiger partial charge in [0.1, 0.15) is 5.82 Å². The summed E-state index contributed by atoms with van der Waals surface area (Å²) in [5.74, 6) is 0.929. The van der Waals surface area contributed by atoms with E-state index in [-0.39, 0.29) is 5.82 Å². The quantitative estimate of drug-likeness (QED) is 0.432. The average molecular weight is 386 g/mol. The van der Waals surface area contributed by atoms with E-state index in [0.717, 1.165) is 27.8 Å². The number of hydrogen-bond donors (Lipinski definition) is 3. The van der Waals surface area contributed by atoms with Crippen molar-refractivity contribution in [3.8, 4) is 0 Å². The number of hydrogen-bond acceptors (Lipinski definition) is 2. The summed E-state index contributed by atoms with van der Waals surface area (Å²) in [5.41, 5.74) is 1.98. The number of nitrogens with zero attached hydrogens (tertiary/aromatic N) is 1. The van der Waals surface area contributed by atoms with E-state index < -0.39 is 10.8 Å². The average Bonchev–Trinajstić information content (AvgIpc) is 3.09. The van der Waals surface area contributed by atoms with Crippen LogP contribution in [0, 0.1) is 5.82 Å². The van der Waals surface area contributed by atoms with Crippen molar-refractivity contribution in [3.63, 3.8) is 0 Å². The minimum atomic E-state index is -1.03. The molecule has 0 aliphatic carbocycles. The van der Waals surface area contributed by atoms with Gasteiger partial charge in [0.25, 0.3) is 0 Å². The molecule has 0 bridgehead atoms. The van der Waals surface area contributed by atoms with Gasteiger partial charge in [0, 0.05) is 47.9 Å². The van der Waals surface area contributed by atoms with Gasteiger partial charge < -0.3 is 15.6 Å². The van der Waals surface area contributed by atoms with Gasteiger partial charge in [-0.2, -0.15) is 0 Å². The van der Waals surface area contributed by atoms with E-state index in [4.69, 9.17) is 0 Å². The first-order valence-corrected chi connectivity index (χ1v) is 10.1. The number of benzene rings is 2. The van der Waals surface area contributed by atoms with Crippen LogP contribution in [-0.2, 0) is 17.2 Å². The molecule has 0 aliphatic heterocycles. The summed E-state index contributed by atoms with van der Waals surface area (Å²) in [5, 5.41) is 7.31. The van der Waals surface area contributed by atoms with Crippen molar-refractivity contribution in [2.45, 2.75) is 11.3 Å². The van der Waals surface area contributed by atoms with E-state index >= 15 is 0 Å². The zero-order valence-corrected chi connectivity index (χ0v) is 16.0. The standard InChI is InChI=1S/C20H23FN4OS/c1-22-20(24-11-12-27(26)17-5-3-2-4-6-17)23-10-9-15-14-25-19-8-7-16(21)13-18(15)19/h2-8,13-14,25H,9-12H2,1H3,(H2,22,23,24). The Morgan fingerprint density at radius 2 is 1.93 bits per heavy atom. The maximum atomic E-state index is 13.4. The van der Waals surface area contributed by atoms with Crippen LogP contribution in [0.15, 0.2) is 64.6 Å². The molecular formula is C20H23FN4OS. The van der Waals surface area contributed by atoms with Crippen molar-refractivity contribution in [2.75, 3.05) is 25.9 Å². The van der Waals surface area contributed by atoms with Gasteiger partial charge in [-0.3, -0.25) is 9.20 Å². The molecule has 0 spiro atoms. The van der Waals surface area contributed by atoms with Gasteiger partial charge in [-0.1, -0.05) is 18.2 Å². The lowest BCUT2D eigenvalue weighted by Crippen LogP contribution is -2.40. The molecule has 1 heterocycles. The van der Waals surface area contributed by atoms with Crippen LogP contribution in [0.1, 0.15) is 5.56 Å². The third-order valence-electron chi connectivity index (χ3n) is 4.23. The Morgan fingerprint density at radius 1 is 1.15 bits per heavy atom. The number of aromatic amines is 1. The van der Waals surface area contributed by atoms with E-state index in [0.29, 0.717) is 24.8 Å². The van der Waals surface area contributed by atoms with Crippen LogP contribution in [0.25, 0.3) is 10.9 Å². The van der Waals surface area contributed by atoms with Crippen LogP contribution >= 0.6 is 0 Å². The van der Waals surface area contributed by atoms with Gasteiger partial charge in [-0.15, -0.1) is 0 Å². The molecule has 1 aromatic heterocycles. The lowest BCUT2D eigenvalue weighted by Gasteiger charge is -2.11. The summed E-state index contributed by atoms with van der Waals surface area (Å²) >= 11 is 0. The van der Waals surface area contributed by atoms with Crippen molar-refractivity contribution in [3.05, 3.63) is 66.1 Å². The van der Waals surface area contributed by atoms with E-state index in [9.17, 15) is 8.60 Å². The number of aromatic nitrogens is 1. The van der Waals surface area contributed by atoms with Crippen LogP contribution in [-0.4, -0.2) is 41.0 Å². The fraction of sp³-hybridized carbons (Fsp3) is 0.250. The second-order valence-corrected chi connectivity index (χ2v) is 7.61. The van der Waals surface area contributed by atoms with Crippen molar-refractivity contribution in [2.24, 2.45) is 4.99 Å². The van der Waals surface area contributed by atoms with Crippen molar-refractivity contribution < 1.29 is 8.60 Å². The van der Waals surface area contributed by atoms with Crippen molar-refractivity contribution in [1.82, 2.24) is 15.6 Å². The highest BCUT2D eigenvalue weighted by atomic mass is 32.2. The molecule has 2 aromatic carbocycles. The number of fused-ring (bicyclic) bond motifs is 1. The summed E-state index contributed by atoms with van der Waals surface area (Å²) in [7, 11) is 0.664. The number of aliphatic imine (C=N–C) groups is 1. The molecule has 7 heteroatoms. The molecular weight excluding hydrogens is 363 g/mol. The minimum Gasteiger partial charge on any atom is -0.361 e. The highest BCUT2D eigenvalue weighted by Crippen LogP contribution is 2.19. The molecule has 0 radical (unpaired) electrons. The maximum absolute atomic E-state index is 13.4. The molecule has 27 heavy (non-hydrogen) atoms. The molecule has 0 fully saturated rings. The fourth-order valence-electron chi connectivity index (χ4n) is 2.85. The molecule has 1 unspecified atom stereocenters. The first-order valence-electron chi connectivity index (χ1n) is 8.81. The molecule has 142 valence electrons. The third kappa shape index (κ3) is 5.17. The lowest BCUT2D eigenvalue weighted by atomic mass is 10.1. The molecule has 0 amide bonds. The molecule has 5 nitrogen and oxygen atoms in total. The number of guanidine groups is 1. The highest BCUT2D eigenvalue weighted by Gasteiger charge is 2.06. The van der Waals surface area contributed by atoms with Gasteiger partial charge >= 0.3 is 0 Å². The SMILES string of the molecule is CN=C(NCCc1c[nH]c2ccc(F)cc12)NCCS(=O)c1ccccc1. The number of H-pyrrole nitrogens is 1.